The summed E-state index contributed by atoms with van der Waals surface area (Å²) in [5, 5.41) is 0. The molecule has 0 saturated heterocycles. The van der Waals surface area contributed by atoms with Gasteiger partial charge in [0.15, 0.2) is 0 Å². The van der Waals surface area contributed by atoms with Crippen molar-refractivity contribution in [2.24, 2.45) is 0 Å². The molecule has 0 bridgehead atoms. The van der Waals surface area contributed by atoms with Gasteiger partial charge in [-0.15, -0.1) is 0 Å². The zero-order valence-corrected chi connectivity index (χ0v) is 17.8. The normalized spacial score (nSPS) is 18.0. The number of benzene rings is 2. The predicted octanol–water partition coefficient (Wildman–Crippen LogP) is 6.61. The predicted molar refractivity (Wildman–Crippen MR) is 115 cm³/mol. The summed E-state index contributed by atoms with van der Waals surface area (Å²) in [6.45, 7) is 11.7. The van der Waals surface area contributed by atoms with Crippen molar-refractivity contribution in [1.82, 2.24) is 0 Å². The van der Waals surface area contributed by atoms with Crippen LogP contribution in [0.3, 0.4) is 0 Å². The average Bonchev–Trinajstić information content (AvgIpc) is 2.65. The quantitative estimate of drug-likeness (QED) is 0.568. The van der Waals surface area contributed by atoms with Gasteiger partial charge in [-0.25, -0.2) is 0 Å². The molecule has 144 valence electrons. The molecule has 1 aliphatic carbocycles. The fourth-order valence-electron chi connectivity index (χ4n) is 4.22. The van der Waals surface area contributed by atoms with Crippen LogP contribution in [0.5, 0.6) is 11.5 Å². The number of hydrogen-bond donors (Lipinski definition) is 0. The van der Waals surface area contributed by atoms with Crippen LogP contribution in [0, 0.1) is 0 Å². The molecule has 0 atom stereocenters. The summed E-state index contributed by atoms with van der Waals surface area (Å²) in [5.74, 6) is 1.82. The first-order chi connectivity index (χ1) is 12.7. The second-order valence-corrected chi connectivity index (χ2v) is 8.97. The molecule has 0 fully saturated rings. The van der Waals surface area contributed by atoms with Crippen molar-refractivity contribution in [2.45, 2.75) is 58.3 Å². The minimum atomic E-state index is 0.154. The number of methoxy groups -OCH3 is 2. The molecule has 2 aromatic rings. The van der Waals surface area contributed by atoms with Crippen molar-refractivity contribution in [3.05, 3.63) is 58.7 Å². The molecule has 1 aliphatic rings. The van der Waals surface area contributed by atoms with E-state index in [0.29, 0.717) is 0 Å². The molecule has 0 N–H and O–H groups in total. The highest BCUT2D eigenvalue weighted by Crippen LogP contribution is 2.49. The largest absolute Gasteiger partial charge is 0.497 e. The van der Waals surface area contributed by atoms with Gasteiger partial charge in [-0.2, -0.15) is 0 Å². The SMILES string of the molecule is COc1ccc(/C=C(\C)c2cc(OC)cc3c2C(C)(C)CCC3(C)C)cc1. The summed E-state index contributed by atoms with van der Waals surface area (Å²) >= 11 is 0. The Morgan fingerprint density at radius 3 is 2.04 bits per heavy atom. The lowest BCUT2D eigenvalue weighted by Gasteiger charge is -2.43. The van der Waals surface area contributed by atoms with E-state index in [1.54, 1.807) is 14.2 Å². The number of rotatable bonds is 4. The van der Waals surface area contributed by atoms with Crippen molar-refractivity contribution in [1.29, 1.82) is 0 Å². The number of allylic oxidation sites excluding steroid dienone is 1. The van der Waals surface area contributed by atoms with Crippen LogP contribution in [0.15, 0.2) is 36.4 Å². The maximum absolute atomic E-state index is 5.67. The maximum Gasteiger partial charge on any atom is 0.119 e. The van der Waals surface area contributed by atoms with Crippen LogP contribution in [-0.2, 0) is 10.8 Å². The van der Waals surface area contributed by atoms with Gasteiger partial charge in [0, 0.05) is 0 Å². The van der Waals surface area contributed by atoms with Crippen molar-refractivity contribution in [3.63, 3.8) is 0 Å². The lowest BCUT2D eigenvalue weighted by Crippen LogP contribution is -2.34. The van der Waals surface area contributed by atoms with Crippen LogP contribution >= 0.6 is 0 Å². The molecule has 0 amide bonds. The first-order valence-corrected chi connectivity index (χ1v) is 9.74. The Balaban J connectivity index is 2.18. The highest BCUT2D eigenvalue weighted by atomic mass is 16.5. The minimum Gasteiger partial charge on any atom is -0.497 e. The molecule has 2 aromatic carbocycles. The summed E-state index contributed by atoms with van der Waals surface area (Å²) in [6.07, 6.45) is 4.65. The Morgan fingerprint density at radius 2 is 1.44 bits per heavy atom. The van der Waals surface area contributed by atoms with Crippen molar-refractivity contribution in [2.75, 3.05) is 14.2 Å². The van der Waals surface area contributed by atoms with Crippen LogP contribution in [0.25, 0.3) is 11.6 Å². The van der Waals surface area contributed by atoms with Crippen molar-refractivity contribution in [3.8, 4) is 11.5 Å². The first-order valence-electron chi connectivity index (χ1n) is 9.74. The summed E-state index contributed by atoms with van der Waals surface area (Å²) in [5.41, 5.74) is 6.96. The molecule has 3 rings (SSSR count). The van der Waals surface area contributed by atoms with Gasteiger partial charge in [0.25, 0.3) is 0 Å². The monoisotopic (exact) mass is 364 g/mol. The molecule has 0 spiro atoms. The second kappa shape index (κ2) is 7.07. The van der Waals surface area contributed by atoms with Crippen LogP contribution in [-0.4, -0.2) is 14.2 Å². The van der Waals surface area contributed by atoms with E-state index in [2.05, 4.69) is 65.0 Å². The van der Waals surface area contributed by atoms with Crippen molar-refractivity contribution >= 4 is 11.6 Å². The molecule has 0 saturated carbocycles. The Kier molecular flexibility index (Phi) is 5.12. The fourth-order valence-corrected chi connectivity index (χ4v) is 4.22. The van der Waals surface area contributed by atoms with Gasteiger partial charge >= 0.3 is 0 Å². The lowest BCUT2D eigenvalue weighted by atomic mass is 9.61. The Hall–Kier alpha value is -2.22. The zero-order valence-electron chi connectivity index (χ0n) is 17.8. The van der Waals surface area contributed by atoms with Gasteiger partial charge in [0.2, 0.25) is 0 Å². The number of fused-ring (bicyclic) bond motifs is 1. The second-order valence-electron chi connectivity index (χ2n) is 8.97. The maximum atomic E-state index is 5.67. The molecular formula is C25H32O2. The Morgan fingerprint density at radius 1 is 0.852 bits per heavy atom. The topological polar surface area (TPSA) is 18.5 Å². The number of hydrogen-bond acceptors (Lipinski definition) is 2. The summed E-state index contributed by atoms with van der Waals surface area (Å²) in [6, 6.07) is 12.7. The van der Waals surface area contributed by atoms with E-state index in [0.717, 1.165) is 11.5 Å². The highest BCUT2D eigenvalue weighted by molar-refractivity contribution is 5.83. The summed E-state index contributed by atoms with van der Waals surface area (Å²) in [4.78, 5) is 0. The van der Waals surface area contributed by atoms with Crippen LogP contribution in [0.4, 0.5) is 0 Å². The fraction of sp³-hybridized carbons (Fsp3) is 0.440. The highest BCUT2D eigenvalue weighted by Gasteiger charge is 2.39. The van der Waals surface area contributed by atoms with Crippen molar-refractivity contribution < 1.29 is 9.47 Å². The molecule has 0 aromatic heterocycles. The van der Waals surface area contributed by atoms with E-state index in [9.17, 15) is 0 Å². The molecular weight excluding hydrogens is 332 g/mol. The summed E-state index contributed by atoms with van der Waals surface area (Å²) < 4.78 is 10.9. The van der Waals surface area contributed by atoms with E-state index in [1.165, 1.54) is 40.7 Å². The van der Waals surface area contributed by atoms with E-state index in [4.69, 9.17) is 9.47 Å². The van der Waals surface area contributed by atoms with E-state index < -0.39 is 0 Å². The van der Waals surface area contributed by atoms with Gasteiger partial charge < -0.3 is 9.47 Å². The Labute approximate surface area is 164 Å². The molecule has 0 aliphatic heterocycles. The van der Waals surface area contributed by atoms with Crippen LogP contribution in [0.2, 0.25) is 0 Å². The van der Waals surface area contributed by atoms with E-state index >= 15 is 0 Å². The summed E-state index contributed by atoms with van der Waals surface area (Å²) in [7, 11) is 3.46. The molecule has 2 heteroatoms. The molecule has 0 heterocycles. The standard InChI is InChI=1S/C25H32O2/c1-17(14-18-8-10-19(26-6)11-9-18)21-15-20(27-7)16-22-23(21)25(4,5)13-12-24(22,2)3/h8-11,14-16H,12-13H2,1-7H3/b17-14+. The van der Waals surface area contributed by atoms with Crippen LogP contribution < -0.4 is 9.47 Å². The van der Waals surface area contributed by atoms with E-state index in [1.807, 2.05) is 12.1 Å². The number of ether oxygens (including phenoxy) is 2. The Bertz CT molecular complexity index is 855. The van der Waals surface area contributed by atoms with Gasteiger partial charge in [0.1, 0.15) is 11.5 Å². The lowest BCUT2D eigenvalue weighted by molar-refractivity contribution is 0.328. The third-order valence-electron chi connectivity index (χ3n) is 6.05. The average molecular weight is 365 g/mol. The third-order valence-corrected chi connectivity index (χ3v) is 6.05. The molecule has 27 heavy (non-hydrogen) atoms. The van der Waals surface area contributed by atoms with Gasteiger partial charge in [-0.05, 0) is 82.7 Å². The third kappa shape index (κ3) is 3.76. The van der Waals surface area contributed by atoms with E-state index in [-0.39, 0.29) is 10.8 Å². The minimum absolute atomic E-state index is 0.154. The van der Waals surface area contributed by atoms with Crippen LogP contribution in [0.1, 0.15) is 69.7 Å². The van der Waals surface area contributed by atoms with Gasteiger partial charge in [-0.3, -0.25) is 0 Å². The first kappa shape index (κ1) is 19.5. The van der Waals surface area contributed by atoms with Gasteiger partial charge in [0.05, 0.1) is 14.2 Å². The molecule has 0 radical (unpaired) electrons. The molecule has 2 nitrogen and oxygen atoms in total. The van der Waals surface area contributed by atoms with Gasteiger partial charge in [-0.1, -0.05) is 45.9 Å². The molecule has 0 unspecified atom stereocenters. The smallest absolute Gasteiger partial charge is 0.119 e. The zero-order chi connectivity index (χ0) is 19.8.